The molecule has 0 saturated carbocycles. The van der Waals surface area contributed by atoms with Crippen molar-refractivity contribution in [2.45, 2.75) is 69.3 Å². The number of aliphatic hydroxyl groups is 1. The predicted octanol–water partition coefficient (Wildman–Crippen LogP) is 5.87. The van der Waals surface area contributed by atoms with E-state index in [9.17, 15) is 40.3 Å². The van der Waals surface area contributed by atoms with E-state index in [-0.39, 0.29) is 45.8 Å². The Hall–Kier alpha value is -2.44. The molecule has 0 bridgehead atoms. The van der Waals surface area contributed by atoms with Gasteiger partial charge in [0.15, 0.2) is 5.01 Å². The number of halogens is 7. The number of thiazole rings is 1. The molecule has 1 aromatic carbocycles. The van der Waals surface area contributed by atoms with Crippen molar-refractivity contribution in [1.82, 2.24) is 24.8 Å². The van der Waals surface area contributed by atoms with Crippen LogP contribution in [0.4, 0.5) is 22.0 Å². The molecule has 0 aliphatic carbocycles. The second-order valence-corrected chi connectivity index (χ2v) is 13.8. The fraction of sp³-hybridized carbons (Fsp3) is 0.520. The minimum absolute atomic E-state index is 0.00369. The molecule has 2 aromatic heterocycles. The number of hydrogen-bond donors (Lipinski definition) is 2. The minimum atomic E-state index is -4.89. The van der Waals surface area contributed by atoms with Crippen molar-refractivity contribution in [2.75, 3.05) is 19.9 Å². The summed E-state index contributed by atoms with van der Waals surface area (Å²) in [5.74, 6) is -0.944. The van der Waals surface area contributed by atoms with Crippen LogP contribution in [0.3, 0.4) is 0 Å². The summed E-state index contributed by atoms with van der Waals surface area (Å²) in [5.41, 5.74) is -1.55. The van der Waals surface area contributed by atoms with Crippen LogP contribution in [0.25, 0.3) is 21.3 Å². The molecule has 2 heterocycles. The third-order valence-corrected chi connectivity index (χ3v) is 9.77. The maximum absolute atomic E-state index is 13.7. The Morgan fingerprint density at radius 3 is 2.36 bits per heavy atom. The van der Waals surface area contributed by atoms with Crippen molar-refractivity contribution >= 4 is 50.5 Å². The molecular formula is C25H28Cl2F5N5O5S2. The third kappa shape index (κ3) is 8.42. The van der Waals surface area contributed by atoms with E-state index in [0.717, 1.165) is 28.4 Å². The average molecular weight is 709 g/mol. The van der Waals surface area contributed by atoms with E-state index in [2.05, 4.69) is 15.2 Å². The smallest absolute Gasteiger partial charge is 0.404 e. The largest absolute Gasteiger partial charge is 0.419 e. The van der Waals surface area contributed by atoms with Crippen LogP contribution in [0.2, 0.25) is 10.0 Å². The zero-order valence-electron chi connectivity index (χ0n) is 23.7. The summed E-state index contributed by atoms with van der Waals surface area (Å²) in [6.07, 6.45) is -5.01. The Kier molecular flexibility index (Phi) is 11.4. The highest BCUT2D eigenvalue weighted by molar-refractivity contribution is 7.89. The van der Waals surface area contributed by atoms with Crippen molar-refractivity contribution in [3.05, 3.63) is 33.8 Å². The molecule has 0 aliphatic rings. The maximum Gasteiger partial charge on any atom is 0.404 e. The number of alkyl halides is 5. The zero-order valence-corrected chi connectivity index (χ0v) is 26.8. The number of carbonyl (C=O) groups is 1. The number of carbonyl (C=O) groups excluding carboxylic acids is 1. The van der Waals surface area contributed by atoms with Gasteiger partial charge in [0, 0.05) is 18.2 Å². The van der Waals surface area contributed by atoms with Gasteiger partial charge in [-0.3, -0.25) is 9.18 Å². The summed E-state index contributed by atoms with van der Waals surface area (Å²) in [6, 6.07) is -1.18. The van der Waals surface area contributed by atoms with Gasteiger partial charge in [0.1, 0.15) is 23.3 Å². The monoisotopic (exact) mass is 707 g/mol. The molecule has 3 rings (SSSR count). The normalized spacial score (nSPS) is 14.1. The molecule has 0 spiro atoms. The first-order valence-corrected chi connectivity index (χ1v) is 15.9. The number of aromatic nitrogens is 3. The fourth-order valence-electron chi connectivity index (χ4n) is 3.86. The molecule has 0 fully saturated rings. The van der Waals surface area contributed by atoms with Gasteiger partial charge >= 0.3 is 6.18 Å². The predicted molar refractivity (Wildman–Crippen MR) is 154 cm³/mol. The van der Waals surface area contributed by atoms with E-state index in [1.54, 1.807) is 0 Å². The van der Waals surface area contributed by atoms with Crippen LogP contribution >= 0.6 is 34.5 Å². The van der Waals surface area contributed by atoms with Crippen LogP contribution in [0, 0.1) is 0 Å². The number of hydrogen-bond acceptors (Lipinski definition) is 9. The summed E-state index contributed by atoms with van der Waals surface area (Å²) in [7, 11) is -4.81. The minimum Gasteiger partial charge on any atom is -0.419 e. The molecule has 0 aliphatic heterocycles. The lowest BCUT2D eigenvalue weighted by Gasteiger charge is -2.27. The van der Waals surface area contributed by atoms with Crippen molar-refractivity contribution in [3.63, 3.8) is 0 Å². The van der Waals surface area contributed by atoms with Gasteiger partial charge in [-0.05, 0) is 40.2 Å². The molecule has 0 unspecified atom stereocenters. The summed E-state index contributed by atoms with van der Waals surface area (Å²) >= 11 is 13.5. The Morgan fingerprint density at radius 1 is 1.14 bits per heavy atom. The summed E-state index contributed by atoms with van der Waals surface area (Å²) in [6.45, 7) is 2.99. The average Bonchev–Trinajstić information content (AvgIpc) is 3.54. The lowest BCUT2D eigenvalue weighted by molar-refractivity contribution is -0.147. The van der Waals surface area contributed by atoms with E-state index in [0.29, 0.717) is 6.92 Å². The number of nitrogens with one attached hydrogen (secondary N) is 1. The number of benzene rings is 1. The van der Waals surface area contributed by atoms with Crippen LogP contribution in [0.1, 0.15) is 50.5 Å². The summed E-state index contributed by atoms with van der Waals surface area (Å²) < 4.78 is 98.2. The zero-order chi connectivity index (χ0) is 33.2. The Morgan fingerprint density at radius 2 is 1.80 bits per heavy atom. The molecule has 19 heteroatoms. The standard InChI is InChI=1S/C25H28Cl2F5N5O5S2/c1-12(7-8-28)37(10-9-29)23(38)19-20(43-22(33-19)21-35-34-16(42-21)11-24(3,4)39)14-5-6-15(18(27)17(14)26)44(40,41)36-13(2)25(30,31)32/h5-6,12-13,36,39H,7-11H2,1-4H3/t12-,13-/m0/s1. The van der Waals surface area contributed by atoms with Gasteiger partial charge in [-0.2, -0.15) is 17.9 Å². The first-order chi connectivity index (χ1) is 20.3. The molecule has 3 aromatic rings. The van der Waals surface area contributed by atoms with Gasteiger partial charge in [-0.15, -0.1) is 21.5 Å². The Bertz CT molecular complexity index is 1590. The number of nitrogens with zero attached hydrogens (tertiary/aromatic N) is 4. The van der Waals surface area contributed by atoms with E-state index in [1.165, 1.54) is 25.5 Å². The fourth-order valence-corrected chi connectivity index (χ4v) is 7.02. The van der Waals surface area contributed by atoms with Crippen molar-refractivity contribution < 1.29 is 44.7 Å². The van der Waals surface area contributed by atoms with E-state index in [4.69, 9.17) is 27.6 Å². The van der Waals surface area contributed by atoms with Crippen molar-refractivity contribution in [3.8, 4) is 21.3 Å². The first-order valence-electron chi connectivity index (χ1n) is 12.9. The van der Waals surface area contributed by atoms with Gasteiger partial charge in [0.25, 0.3) is 11.8 Å². The molecule has 44 heavy (non-hydrogen) atoms. The second-order valence-electron chi connectivity index (χ2n) is 10.3. The van der Waals surface area contributed by atoms with Gasteiger partial charge in [-0.25, -0.2) is 17.8 Å². The van der Waals surface area contributed by atoms with Crippen LogP contribution in [-0.2, 0) is 16.4 Å². The lowest BCUT2D eigenvalue weighted by atomic mass is 10.1. The maximum atomic E-state index is 13.7. The van der Waals surface area contributed by atoms with Crippen LogP contribution < -0.4 is 4.72 Å². The van der Waals surface area contributed by atoms with Gasteiger partial charge in [0.2, 0.25) is 15.9 Å². The number of rotatable bonds is 13. The third-order valence-electron chi connectivity index (χ3n) is 6.11. The summed E-state index contributed by atoms with van der Waals surface area (Å²) in [4.78, 5) is 18.3. The van der Waals surface area contributed by atoms with Gasteiger partial charge < -0.3 is 14.4 Å². The van der Waals surface area contributed by atoms with Gasteiger partial charge in [-0.1, -0.05) is 29.3 Å². The van der Waals surface area contributed by atoms with Gasteiger partial charge in [0.05, 0.1) is 33.6 Å². The first kappa shape index (κ1) is 36.0. The molecule has 2 atom stereocenters. The number of amides is 1. The van der Waals surface area contributed by atoms with E-state index in [1.807, 2.05) is 0 Å². The molecule has 244 valence electrons. The molecular weight excluding hydrogens is 680 g/mol. The molecule has 1 amide bonds. The van der Waals surface area contributed by atoms with Crippen LogP contribution in [0.5, 0.6) is 0 Å². The SMILES string of the molecule is C[C@H](NS(=O)(=O)c1ccc(-c2sc(-c3nnc(CC(C)(C)O)o3)nc2C(=O)N(CCF)[C@@H](C)CCF)c(Cl)c1Cl)C(F)(F)F. The second kappa shape index (κ2) is 13.9. The Labute approximate surface area is 263 Å². The quantitative estimate of drug-likeness (QED) is 0.211. The Balaban J connectivity index is 2.18. The molecule has 0 saturated heterocycles. The summed E-state index contributed by atoms with van der Waals surface area (Å²) in [5, 5.41) is 16.7. The van der Waals surface area contributed by atoms with Crippen LogP contribution in [-0.4, -0.2) is 83.3 Å². The highest BCUT2D eigenvalue weighted by Crippen LogP contribution is 2.43. The molecule has 0 radical (unpaired) electrons. The van der Waals surface area contributed by atoms with E-state index < -0.39 is 74.6 Å². The lowest BCUT2D eigenvalue weighted by Crippen LogP contribution is -2.43. The molecule has 2 N–H and O–H groups in total. The van der Waals surface area contributed by atoms with Crippen LogP contribution in [0.15, 0.2) is 21.4 Å². The topological polar surface area (TPSA) is 139 Å². The number of sulfonamides is 1. The highest BCUT2D eigenvalue weighted by Gasteiger charge is 2.40. The van der Waals surface area contributed by atoms with Crippen molar-refractivity contribution in [1.29, 1.82) is 0 Å². The van der Waals surface area contributed by atoms with Crippen molar-refractivity contribution in [2.24, 2.45) is 0 Å². The molecule has 10 nitrogen and oxygen atoms in total. The van der Waals surface area contributed by atoms with E-state index >= 15 is 0 Å². The highest BCUT2D eigenvalue weighted by atomic mass is 35.5.